The predicted molar refractivity (Wildman–Crippen MR) is 122 cm³/mol. The lowest BCUT2D eigenvalue weighted by atomic mass is 10.1. The first kappa shape index (κ1) is 23.5. The molecule has 1 saturated heterocycles. The Kier molecular flexibility index (Phi) is 7.89. The van der Waals surface area contributed by atoms with Crippen LogP contribution in [-0.2, 0) is 4.79 Å². The Bertz CT molecular complexity index is 979. The number of nitrogens with zero attached hydrogens (tertiary/aromatic N) is 2. The van der Waals surface area contributed by atoms with Crippen LogP contribution < -0.4 is 14.8 Å². The van der Waals surface area contributed by atoms with Crippen LogP contribution in [0.3, 0.4) is 0 Å². The minimum absolute atomic E-state index is 0.150. The van der Waals surface area contributed by atoms with Crippen LogP contribution >= 0.6 is 34.8 Å². The lowest BCUT2D eigenvalue weighted by Crippen LogP contribution is -2.50. The zero-order valence-electron chi connectivity index (χ0n) is 17.1. The highest BCUT2D eigenvalue weighted by Gasteiger charge is 2.25. The molecule has 0 saturated carbocycles. The van der Waals surface area contributed by atoms with Gasteiger partial charge in [0.25, 0.3) is 5.91 Å². The number of methoxy groups -OCH3 is 2. The van der Waals surface area contributed by atoms with Crippen LogP contribution in [0.25, 0.3) is 0 Å². The normalized spacial score (nSPS) is 14.3. The van der Waals surface area contributed by atoms with E-state index in [0.29, 0.717) is 64.0 Å². The molecule has 1 heterocycles. The number of anilines is 1. The van der Waals surface area contributed by atoms with Crippen LogP contribution in [0, 0.1) is 0 Å². The summed E-state index contributed by atoms with van der Waals surface area (Å²) in [7, 11) is 3.01. The molecule has 0 aromatic heterocycles. The molecule has 0 aliphatic carbocycles. The van der Waals surface area contributed by atoms with Crippen molar-refractivity contribution in [2.45, 2.75) is 0 Å². The average molecular weight is 487 g/mol. The lowest BCUT2D eigenvalue weighted by Gasteiger charge is -2.34. The van der Waals surface area contributed by atoms with Gasteiger partial charge < -0.3 is 19.7 Å². The zero-order valence-corrected chi connectivity index (χ0v) is 19.4. The van der Waals surface area contributed by atoms with Crippen molar-refractivity contribution in [3.63, 3.8) is 0 Å². The number of hydrogen-bond donors (Lipinski definition) is 1. The van der Waals surface area contributed by atoms with Crippen molar-refractivity contribution in [3.05, 3.63) is 51.0 Å². The molecule has 0 radical (unpaired) electrons. The number of rotatable bonds is 6. The zero-order chi connectivity index (χ0) is 22.5. The van der Waals surface area contributed by atoms with Crippen molar-refractivity contribution in [2.75, 3.05) is 52.3 Å². The quantitative estimate of drug-likeness (QED) is 0.667. The lowest BCUT2D eigenvalue weighted by molar-refractivity contribution is -0.117. The smallest absolute Gasteiger partial charge is 0.255 e. The molecule has 0 bridgehead atoms. The maximum absolute atomic E-state index is 12.7. The molecule has 0 unspecified atom stereocenters. The Hall–Kier alpha value is -2.19. The highest BCUT2D eigenvalue weighted by molar-refractivity contribution is 6.36. The van der Waals surface area contributed by atoms with Gasteiger partial charge in [-0.25, -0.2) is 0 Å². The molecule has 0 atom stereocenters. The largest absolute Gasteiger partial charge is 0.495 e. The van der Waals surface area contributed by atoms with E-state index in [0.717, 1.165) is 0 Å². The summed E-state index contributed by atoms with van der Waals surface area (Å²) in [6.07, 6.45) is 0. The van der Waals surface area contributed by atoms with Gasteiger partial charge in [-0.1, -0.05) is 34.8 Å². The van der Waals surface area contributed by atoms with Gasteiger partial charge >= 0.3 is 0 Å². The summed E-state index contributed by atoms with van der Waals surface area (Å²) in [6.45, 7) is 2.28. The summed E-state index contributed by atoms with van der Waals surface area (Å²) < 4.78 is 10.5. The van der Waals surface area contributed by atoms with E-state index in [1.165, 1.54) is 14.2 Å². The number of carbonyl (C=O) groups excluding carboxylic acids is 2. The van der Waals surface area contributed by atoms with Crippen LogP contribution in [-0.4, -0.2) is 68.6 Å². The number of halogens is 3. The Morgan fingerprint density at radius 2 is 1.61 bits per heavy atom. The van der Waals surface area contributed by atoms with E-state index in [4.69, 9.17) is 44.3 Å². The van der Waals surface area contributed by atoms with Gasteiger partial charge in [0.1, 0.15) is 11.5 Å². The molecule has 10 heteroatoms. The highest BCUT2D eigenvalue weighted by Crippen LogP contribution is 2.35. The highest BCUT2D eigenvalue weighted by atomic mass is 35.5. The second-order valence-corrected chi connectivity index (χ2v) is 8.18. The molecule has 2 aromatic rings. The Labute approximate surface area is 195 Å². The van der Waals surface area contributed by atoms with Gasteiger partial charge in [-0.3, -0.25) is 14.5 Å². The summed E-state index contributed by atoms with van der Waals surface area (Å²) >= 11 is 18.2. The number of carbonyl (C=O) groups is 2. The van der Waals surface area contributed by atoms with Crippen LogP contribution in [0.15, 0.2) is 30.3 Å². The van der Waals surface area contributed by atoms with Gasteiger partial charge in [0, 0.05) is 37.3 Å². The molecular weight excluding hydrogens is 465 g/mol. The van der Waals surface area contributed by atoms with Gasteiger partial charge in [-0.05, 0) is 24.3 Å². The molecule has 0 spiro atoms. The van der Waals surface area contributed by atoms with Crippen LogP contribution in [0.4, 0.5) is 5.69 Å². The van der Waals surface area contributed by atoms with Crippen LogP contribution in [0.5, 0.6) is 11.5 Å². The fraction of sp³-hybridized carbons (Fsp3) is 0.333. The van der Waals surface area contributed by atoms with Gasteiger partial charge in [0.2, 0.25) is 5.91 Å². The average Bonchev–Trinajstić information content (AvgIpc) is 2.74. The number of ether oxygens (including phenoxy) is 2. The molecule has 1 N–H and O–H groups in total. The summed E-state index contributed by atoms with van der Waals surface area (Å²) in [6, 6.07) is 8.02. The SMILES string of the molecule is COc1cc(OC)c(NC(=O)CN2CCN(C(=O)c3ccc(Cl)cc3Cl)CC2)cc1Cl. The Balaban J connectivity index is 1.56. The third-order valence-electron chi connectivity index (χ3n) is 4.94. The molecule has 1 aliphatic heterocycles. The standard InChI is InChI=1S/C21H22Cl3N3O4/c1-30-18-11-19(31-2)17(10-16(18)24)25-20(28)12-26-5-7-27(8-6-26)21(29)14-4-3-13(22)9-15(14)23/h3-4,9-11H,5-8,12H2,1-2H3,(H,25,28). The number of hydrogen-bond acceptors (Lipinski definition) is 5. The third kappa shape index (κ3) is 5.74. The maximum atomic E-state index is 12.7. The van der Waals surface area contributed by atoms with E-state index >= 15 is 0 Å². The molecular formula is C21H22Cl3N3O4. The molecule has 7 nitrogen and oxygen atoms in total. The Morgan fingerprint density at radius 1 is 0.935 bits per heavy atom. The van der Waals surface area contributed by atoms with Crippen LogP contribution in [0.2, 0.25) is 15.1 Å². The predicted octanol–water partition coefficient (Wildman–Crippen LogP) is 4.06. The third-order valence-corrected chi connectivity index (χ3v) is 5.78. The molecule has 166 valence electrons. The van der Waals surface area contributed by atoms with Crippen LogP contribution in [0.1, 0.15) is 10.4 Å². The van der Waals surface area contributed by atoms with Gasteiger partial charge in [0.15, 0.2) is 0 Å². The monoisotopic (exact) mass is 485 g/mol. The van der Waals surface area contributed by atoms with E-state index in [-0.39, 0.29) is 18.4 Å². The first-order valence-electron chi connectivity index (χ1n) is 9.50. The summed E-state index contributed by atoms with van der Waals surface area (Å²) in [5.41, 5.74) is 0.880. The number of piperazine rings is 1. The van der Waals surface area contributed by atoms with Gasteiger partial charge in [-0.2, -0.15) is 0 Å². The van der Waals surface area contributed by atoms with E-state index < -0.39 is 0 Å². The topological polar surface area (TPSA) is 71.1 Å². The van der Waals surface area contributed by atoms with Crippen molar-refractivity contribution in [2.24, 2.45) is 0 Å². The van der Waals surface area contributed by atoms with Crippen molar-refractivity contribution in [1.82, 2.24) is 9.80 Å². The number of benzene rings is 2. The first-order chi connectivity index (χ1) is 14.8. The summed E-state index contributed by atoms with van der Waals surface area (Å²) in [5.74, 6) is 0.548. The van der Waals surface area contributed by atoms with Gasteiger partial charge in [-0.15, -0.1) is 0 Å². The molecule has 2 amide bonds. The summed E-state index contributed by atoms with van der Waals surface area (Å²) in [4.78, 5) is 28.9. The van der Waals surface area contributed by atoms with Crippen molar-refractivity contribution >= 4 is 52.3 Å². The number of amides is 2. The van der Waals surface area contributed by atoms with Crippen molar-refractivity contribution < 1.29 is 19.1 Å². The van der Waals surface area contributed by atoms with Crippen molar-refractivity contribution in [1.29, 1.82) is 0 Å². The second-order valence-electron chi connectivity index (χ2n) is 6.93. The molecule has 1 aliphatic rings. The van der Waals surface area contributed by atoms with E-state index in [2.05, 4.69) is 5.32 Å². The maximum Gasteiger partial charge on any atom is 0.255 e. The molecule has 3 rings (SSSR count). The molecule has 2 aromatic carbocycles. The fourth-order valence-electron chi connectivity index (χ4n) is 3.29. The van der Waals surface area contributed by atoms with E-state index in [1.54, 1.807) is 35.2 Å². The minimum atomic E-state index is -0.208. The fourth-order valence-corrected chi connectivity index (χ4v) is 4.02. The van der Waals surface area contributed by atoms with Crippen molar-refractivity contribution in [3.8, 4) is 11.5 Å². The minimum Gasteiger partial charge on any atom is -0.495 e. The van der Waals surface area contributed by atoms with Gasteiger partial charge in [0.05, 0.1) is 42.1 Å². The van der Waals surface area contributed by atoms with E-state index in [1.807, 2.05) is 4.90 Å². The Morgan fingerprint density at radius 3 is 2.23 bits per heavy atom. The summed E-state index contributed by atoms with van der Waals surface area (Å²) in [5, 5.41) is 3.99. The number of nitrogens with one attached hydrogen (secondary N) is 1. The van der Waals surface area contributed by atoms with E-state index in [9.17, 15) is 9.59 Å². The first-order valence-corrected chi connectivity index (χ1v) is 10.6. The molecule has 1 fully saturated rings. The second kappa shape index (κ2) is 10.4. The molecule has 31 heavy (non-hydrogen) atoms.